The van der Waals surface area contributed by atoms with Crippen LogP contribution in [0.1, 0.15) is 40.4 Å². The Kier molecular flexibility index (Phi) is 2.37. The smallest absolute Gasteiger partial charge is 0.192 e. The summed E-state index contributed by atoms with van der Waals surface area (Å²) in [7, 11) is 0. The van der Waals surface area contributed by atoms with Crippen LogP contribution in [0.15, 0.2) is 18.2 Å². The highest BCUT2D eigenvalue weighted by atomic mass is 16.5. The summed E-state index contributed by atoms with van der Waals surface area (Å²) in [6.07, 6.45) is 1.68. The van der Waals surface area contributed by atoms with Gasteiger partial charge in [0.2, 0.25) is 0 Å². The first-order chi connectivity index (χ1) is 8.20. The molecular weight excluding hydrogens is 216 g/mol. The zero-order chi connectivity index (χ0) is 12.0. The molecule has 0 saturated carbocycles. The van der Waals surface area contributed by atoms with Gasteiger partial charge in [-0.3, -0.25) is 4.79 Å². The van der Waals surface area contributed by atoms with Crippen molar-refractivity contribution in [2.45, 2.75) is 32.0 Å². The van der Waals surface area contributed by atoms with E-state index in [1.54, 1.807) is 0 Å². The van der Waals surface area contributed by atoms with E-state index in [2.05, 4.69) is 0 Å². The summed E-state index contributed by atoms with van der Waals surface area (Å²) in [6.45, 7) is 2.01. The van der Waals surface area contributed by atoms with Crippen LogP contribution in [0.3, 0.4) is 0 Å². The van der Waals surface area contributed by atoms with E-state index in [1.807, 2.05) is 25.1 Å². The third kappa shape index (κ3) is 1.53. The highest BCUT2D eigenvalue weighted by molar-refractivity contribution is 6.02. The van der Waals surface area contributed by atoms with Gasteiger partial charge in [0, 0.05) is 17.9 Å². The number of carbonyl (C=O) groups excluding carboxylic acids is 2. The molecule has 1 fully saturated rings. The van der Waals surface area contributed by atoms with Crippen LogP contribution in [0.4, 0.5) is 0 Å². The zero-order valence-electron chi connectivity index (χ0n) is 9.68. The molecule has 2 aliphatic rings. The number of ketones is 1. The molecule has 0 aromatic heterocycles. The summed E-state index contributed by atoms with van der Waals surface area (Å²) in [5.41, 5.74) is 2.92. The Morgan fingerprint density at radius 3 is 3.06 bits per heavy atom. The number of aryl methyl sites for hydroxylation is 1. The van der Waals surface area contributed by atoms with Gasteiger partial charge in [-0.15, -0.1) is 0 Å². The summed E-state index contributed by atoms with van der Waals surface area (Å²) >= 11 is 0. The highest BCUT2D eigenvalue weighted by Crippen LogP contribution is 2.45. The van der Waals surface area contributed by atoms with Gasteiger partial charge in [0.25, 0.3) is 0 Å². The Bertz CT molecular complexity index is 492. The van der Waals surface area contributed by atoms with Crippen molar-refractivity contribution >= 4 is 12.1 Å². The lowest BCUT2D eigenvalue weighted by atomic mass is 9.94. The molecule has 1 saturated heterocycles. The van der Waals surface area contributed by atoms with Crippen LogP contribution < -0.4 is 0 Å². The molecule has 17 heavy (non-hydrogen) atoms. The molecule has 3 rings (SSSR count). The molecule has 1 aromatic rings. The van der Waals surface area contributed by atoms with E-state index in [4.69, 9.17) is 4.74 Å². The standard InChI is InChI=1S/C14H14O3/c1-8-2-3-10-11(6-8)12-7-9(4-5-15)14(17-12)13(10)16/h2-3,5-6,9,12,14H,4,7H2,1H3/t9-,12-,14+/m1/s1. The van der Waals surface area contributed by atoms with Gasteiger partial charge in [0.05, 0.1) is 6.10 Å². The fourth-order valence-corrected chi connectivity index (χ4v) is 2.89. The van der Waals surface area contributed by atoms with Gasteiger partial charge in [-0.25, -0.2) is 0 Å². The Morgan fingerprint density at radius 1 is 1.47 bits per heavy atom. The monoisotopic (exact) mass is 230 g/mol. The average Bonchev–Trinajstić information content (AvgIpc) is 2.68. The molecule has 0 spiro atoms. The number of hydrogen-bond acceptors (Lipinski definition) is 3. The van der Waals surface area contributed by atoms with Gasteiger partial charge in [0.15, 0.2) is 5.78 Å². The van der Waals surface area contributed by atoms with E-state index in [0.29, 0.717) is 6.42 Å². The second-order valence-electron chi connectivity index (χ2n) is 4.90. The van der Waals surface area contributed by atoms with Gasteiger partial charge in [-0.2, -0.15) is 0 Å². The lowest BCUT2D eigenvalue weighted by Crippen LogP contribution is -2.30. The van der Waals surface area contributed by atoms with Crippen molar-refractivity contribution < 1.29 is 14.3 Å². The summed E-state index contributed by atoms with van der Waals surface area (Å²) in [6, 6.07) is 5.87. The minimum atomic E-state index is -0.402. The topological polar surface area (TPSA) is 43.4 Å². The summed E-state index contributed by atoms with van der Waals surface area (Å²) in [5.74, 6) is 0.0957. The van der Waals surface area contributed by atoms with E-state index in [-0.39, 0.29) is 17.8 Å². The van der Waals surface area contributed by atoms with E-state index >= 15 is 0 Å². The molecule has 0 N–H and O–H groups in total. The van der Waals surface area contributed by atoms with Crippen molar-refractivity contribution in [3.05, 3.63) is 34.9 Å². The molecule has 3 heteroatoms. The number of hydrogen-bond donors (Lipinski definition) is 0. The largest absolute Gasteiger partial charge is 0.362 e. The zero-order valence-corrected chi connectivity index (χ0v) is 9.68. The van der Waals surface area contributed by atoms with Gasteiger partial charge in [0.1, 0.15) is 12.4 Å². The number of benzene rings is 1. The number of rotatable bonds is 2. The van der Waals surface area contributed by atoms with Gasteiger partial charge >= 0.3 is 0 Å². The molecular formula is C14H14O3. The molecule has 1 aromatic carbocycles. The van der Waals surface area contributed by atoms with Crippen LogP contribution in [0.25, 0.3) is 0 Å². The summed E-state index contributed by atoms with van der Waals surface area (Å²) < 4.78 is 5.75. The van der Waals surface area contributed by atoms with E-state index in [9.17, 15) is 9.59 Å². The number of ether oxygens (including phenoxy) is 1. The van der Waals surface area contributed by atoms with E-state index < -0.39 is 6.10 Å². The third-order valence-corrected chi connectivity index (χ3v) is 3.73. The Labute approximate surface area is 99.8 Å². The number of aldehydes is 1. The first kappa shape index (κ1) is 10.7. The minimum absolute atomic E-state index is 0.00227. The van der Waals surface area contributed by atoms with Crippen LogP contribution in [0, 0.1) is 12.8 Å². The molecule has 2 aliphatic heterocycles. The molecule has 0 amide bonds. The van der Waals surface area contributed by atoms with Crippen LogP contribution >= 0.6 is 0 Å². The fourth-order valence-electron chi connectivity index (χ4n) is 2.89. The maximum absolute atomic E-state index is 12.2. The second-order valence-corrected chi connectivity index (χ2v) is 4.90. The minimum Gasteiger partial charge on any atom is -0.362 e. The number of fused-ring (bicyclic) bond motifs is 4. The number of Topliss-reactive ketones (excluding diaryl/α,β-unsaturated/α-hetero) is 1. The van der Waals surface area contributed by atoms with Gasteiger partial charge in [-0.1, -0.05) is 23.8 Å². The first-order valence-corrected chi connectivity index (χ1v) is 5.94. The molecule has 2 heterocycles. The van der Waals surface area contributed by atoms with Crippen LogP contribution in [-0.2, 0) is 9.53 Å². The highest BCUT2D eigenvalue weighted by Gasteiger charge is 2.45. The van der Waals surface area contributed by atoms with E-state index in [1.165, 1.54) is 0 Å². The molecule has 3 atom stereocenters. The molecule has 88 valence electrons. The summed E-state index contributed by atoms with van der Waals surface area (Å²) in [4.78, 5) is 22.8. The van der Waals surface area contributed by atoms with Crippen molar-refractivity contribution in [1.82, 2.24) is 0 Å². The molecule has 2 bridgehead atoms. The third-order valence-electron chi connectivity index (χ3n) is 3.73. The molecule has 0 radical (unpaired) electrons. The Hall–Kier alpha value is -1.48. The van der Waals surface area contributed by atoms with Crippen LogP contribution in [0.2, 0.25) is 0 Å². The van der Waals surface area contributed by atoms with Gasteiger partial charge in [-0.05, 0) is 18.9 Å². The molecule has 0 unspecified atom stereocenters. The quantitative estimate of drug-likeness (QED) is 0.732. The van der Waals surface area contributed by atoms with Gasteiger partial charge < -0.3 is 9.53 Å². The number of carbonyl (C=O) groups is 2. The second kappa shape index (κ2) is 3.77. The predicted molar refractivity (Wildman–Crippen MR) is 61.9 cm³/mol. The normalized spacial score (nSPS) is 30.2. The predicted octanol–water partition coefficient (Wildman–Crippen LogP) is 2.23. The Morgan fingerprint density at radius 2 is 2.29 bits per heavy atom. The summed E-state index contributed by atoms with van der Waals surface area (Å²) in [5, 5.41) is 0. The van der Waals surface area contributed by atoms with Crippen molar-refractivity contribution in [3.63, 3.8) is 0 Å². The molecule has 3 nitrogen and oxygen atoms in total. The van der Waals surface area contributed by atoms with Crippen molar-refractivity contribution in [2.75, 3.05) is 0 Å². The first-order valence-electron chi connectivity index (χ1n) is 5.94. The SMILES string of the molecule is Cc1ccc2c(c1)[C@H]1C[C@@H](CC=O)[C@H](O1)C2=O. The maximum atomic E-state index is 12.2. The van der Waals surface area contributed by atoms with Crippen molar-refractivity contribution in [1.29, 1.82) is 0 Å². The van der Waals surface area contributed by atoms with Crippen LogP contribution in [0.5, 0.6) is 0 Å². The Balaban J connectivity index is 2.04. The lowest BCUT2D eigenvalue weighted by Gasteiger charge is -2.23. The lowest BCUT2D eigenvalue weighted by molar-refractivity contribution is -0.108. The maximum Gasteiger partial charge on any atom is 0.192 e. The fraction of sp³-hybridized carbons (Fsp3) is 0.429. The van der Waals surface area contributed by atoms with Crippen molar-refractivity contribution in [2.24, 2.45) is 5.92 Å². The molecule has 0 aliphatic carbocycles. The van der Waals surface area contributed by atoms with Crippen LogP contribution in [-0.4, -0.2) is 18.2 Å². The van der Waals surface area contributed by atoms with E-state index in [0.717, 1.165) is 29.4 Å². The van der Waals surface area contributed by atoms with Crippen molar-refractivity contribution in [3.8, 4) is 0 Å². The average molecular weight is 230 g/mol.